The van der Waals surface area contributed by atoms with Crippen LogP contribution >= 0.6 is 0 Å². The SMILES string of the molecule is C[Si](C)(C)OCCOCCOCCOCCOCCOCCOCCOCCOCCOCCOCCOC(c1ccccc1)(c1ccccc1)c1ccccc1. The van der Waals surface area contributed by atoms with Crippen molar-refractivity contribution in [2.24, 2.45) is 0 Å². The van der Waals surface area contributed by atoms with Gasteiger partial charge in [0.05, 0.1) is 145 Å². The summed E-state index contributed by atoms with van der Waals surface area (Å²) in [6.07, 6.45) is 0. The van der Waals surface area contributed by atoms with Crippen LogP contribution in [0.5, 0.6) is 0 Å². The molecule has 12 nitrogen and oxygen atoms in total. The first kappa shape index (κ1) is 48.8. The molecule has 0 unspecified atom stereocenters. The highest BCUT2D eigenvalue weighted by molar-refractivity contribution is 6.69. The largest absolute Gasteiger partial charge is 0.415 e. The minimum absolute atomic E-state index is 0.416. The highest BCUT2D eigenvalue weighted by Crippen LogP contribution is 2.40. The maximum Gasteiger partial charge on any atom is 0.183 e. The summed E-state index contributed by atoms with van der Waals surface area (Å²) in [6.45, 7) is 17.8. The van der Waals surface area contributed by atoms with Crippen molar-refractivity contribution < 1.29 is 56.5 Å². The van der Waals surface area contributed by atoms with Gasteiger partial charge in [-0.2, -0.15) is 0 Å². The molecule has 0 saturated carbocycles. The lowest BCUT2D eigenvalue weighted by atomic mass is 9.80. The molecule has 3 aromatic carbocycles. The van der Waals surface area contributed by atoms with Crippen LogP contribution in [0, 0.1) is 0 Å². The first-order valence-corrected chi connectivity index (χ1v) is 23.6. The van der Waals surface area contributed by atoms with E-state index >= 15 is 0 Å². The predicted octanol–water partition coefficient (Wildman–Crippen LogP) is 6.01. The molecule has 0 spiro atoms. The Kier molecular flexibility index (Phi) is 27.6. The number of benzene rings is 3. The predicted molar refractivity (Wildman–Crippen MR) is 223 cm³/mol. The lowest BCUT2D eigenvalue weighted by molar-refractivity contribution is -0.0399. The van der Waals surface area contributed by atoms with Crippen molar-refractivity contribution in [3.8, 4) is 0 Å². The highest BCUT2D eigenvalue weighted by atomic mass is 28.4. The van der Waals surface area contributed by atoms with Crippen LogP contribution in [0.2, 0.25) is 19.6 Å². The van der Waals surface area contributed by atoms with E-state index in [1.165, 1.54) is 0 Å². The van der Waals surface area contributed by atoms with E-state index in [1.807, 2.05) is 54.6 Å². The summed E-state index contributed by atoms with van der Waals surface area (Å²) in [6, 6.07) is 31.0. The first-order chi connectivity index (χ1) is 28.0. The van der Waals surface area contributed by atoms with Gasteiger partial charge < -0.3 is 56.5 Å². The summed E-state index contributed by atoms with van der Waals surface area (Å²) in [5, 5.41) is 0. The molecule has 13 heteroatoms. The van der Waals surface area contributed by atoms with Gasteiger partial charge in [-0.1, -0.05) is 91.0 Å². The number of ether oxygens (including phenoxy) is 11. The van der Waals surface area contributed by atoms with E-state index in [-0.39, 0.29) is 0 Å². The Morgan fingerprint density at radius 3 is 0.737 bits per heavy atom. The van der Waals surface area contributed by atoms with Gasteiger partial charge in [0.25, 0.3) is 0 Å². The van der Waals surface area contributed by atoms with Gasteiger partial charge in [-0.25, -0.2) is 0 Å². The van der Waals surface area contributed by atoms with Gasteiger partial charge in [-0.05, 0) is 36.3 Å². The molecule has 0 aromatic heterocycles. The monoisotopic (exact) mass is 816 g/mol. The second-order valence-electron chi connectivity index (χ2n) is 13.7. The van der Waals surface area contributed by atoms with Gasteiger partial charge >= 0.3 is 0 Å². The van der Waals surface area contributed by atoms with E-state index in [0.717, 1.165) is 16.7 Å². The number of hydrogen-bond donors (Lipinski definition) is 0. The van der Waals surface area contributed by atoms with Crippen LogP contribution in [-0.2, 0) is 62.1 Å². The smallest absolute Gasteiger partial charge is 0.183 e. The van der Waals surface area contributed by atoms with E-state index < -0.39 is 13.9 Å². The average Bonchev–Trinajstić information content (AvgIpc) is 3.23. The van der Waals surface area contributed by atoms with Crippen molar-refractivity contribution in [2.45, 2.75) is 25.2 Å². The van der Waals surface area contributed by atoms with Gasteiger partial charge in [0.2, 0.25) is 0 Å². The Morgan fingerprint density at radius 1 is 0.298 bits per heavy atom. The van der Waals surface area contributed by atoms with E-state index in [1.54, 1.807) is 0 Å². The first-order valence-electron chi connectivity index (χ1n) is 20.2. The molecule has 0 fully saturated rings. The maximum atomic E-state index is 6.73. The van der Waals surface area contributed by atoms with Crippen LogP contribution < -0.4 is 0 Å². The van der Waals surface area contributed by atoms with Crippen molar-refractivity contribution in [2.75, 3.05) is 145 Å². The van der Waals surface area contributed by atoms with Gasteiger partial charge in [-0.3, -0.25) is 0 Å². The van der Waals surface area contributed by atoms with Crippen molar-refractivity contribution in [1.29, 1.82) is 0 Å². The summed E-state index contributed by atoms with van der Waals surface area (Å²) < 4.78 is 68.2. The van der Waals surface area contributed by atoms with E-state index in [4.69, 9.17) is 56.5 Å². The van der Waals surface area contributed by atoms with Crippen molar-refractivity contribution in [3.63, 3.8) is 0 Å². The molecular weight excluding hydrogens is 749 g/mol. The molecule has 0 saturated heterocycles. The molecule has 0 aliphatic carbocycles. The Bertz CT molecular complexity index is 1220. The molecule has 0 aliphatic heterocycles. The molecule has 320 valence electrons. The van der Waals surface area contributed by atoms with E-state index in [2.05, 4.69) is 56.0 Å². The lowest BCUT2D eigenvalue weighted by Gasteiger charge is -2.36. The topological polar surface area (TPSA) is 111 Å². The normalized spacial score (nSPS) is 12.1. The van der Waals surface area contributed by atoms with Crippen LogP contribution in [0.4, 0.5) is 0 Å². The molecule has 0 radical (unpaired) electrons. The summed E-state index contributed by atoms with van der Waals surface area (Å²) in [5.74, 6) is 0. The second-order valence-corrected chi connectivity index (χ2v) is 18.2. The molecule has 0 aliphatic rings. The third kappa shape index (κ3) is 23.0. The fourth-order valence-electron chi connectivity index (χ4n) is 5.51. The van der Waals surface area contributed by atoms with E-state index in [0.29, 0.717) is 145 Å². The molecule has 0 amide bonds. The number of rotatable bonds is 38. The van der Waals surface area contributed by atoms with Gasteiger partial charge in [0.1, 0.15) is 5.60 Å². The molecule has 3 aromatic rings. The minimum Gasteiger partial charge on any atom is -0.415 e. The average molecular weight is 817 g/mol. The fraction of sp³-hybridized carbons (Fsp3) is 0.591. The van der Waals surface area contributed by atoms with Gasteiger partial charge in [-0.15, -0.1) is 0 Å². The zero-order valence-electron chi connectivity index (χ0n) is 34.6. The molecule has 0 bridgehead atoms. The lowest BCUT2D eigenvalue weighted by Crippen LogP contribution is -2.34. The molecule has 0 heterocycles. The van der Waals surface area contributed by atoms with Crippen LogP contribution in [0.1, 0.15) is 16.7 Å². The minimum atomic E-state index is -1.46. The molecular formula is C44H68O12Si. The molecule has 0 N–H and O–H groups in total. The maximum absolute atomic E-state index is 6.73. The van der Waals surface area contributed by atoms with Crippen LogP contribution in [0.25, 0.3) is 0 Å². The summed E-state index contributed by atoms with van der Waals surface area (Å²) in [7, 11) is -1.46. The van der Waals surface area contributed by atoms with Gasteiger partial charge in [0, 0.05) is 0 Å². The zero-order valence-corrected chi connectivity index (χ0v) is 35.6. The second kappa shape index (κ2) is 32.3. The van der Waals surface area contributed by atoms with E-state index in [9.17, 15) is 0 Å². The Balaban J connectivity index is 1.04. The van der Waals surface area contributed by atoms with Crippen molar-refractivity contribution in [1.82, 2.24) is 0 Å². The summed E-state index contributed by atoms with van der Waals surface area (Å²) in [5.41, 5.74) is 2.45. The summed E-state index contributed by atoms with van der Waals surface area (Å²) in [4.78, 5) is 0. The number of hydrogen-bond acceptors (Lipinski definition) is 12. The Hall–Kier alpha value is -2.60. The van der Waals surface area contributed by atoms with Crippen molar-refractivity contribution >= 4 is 8.32 Å². The van der Waals surface area contributed by atoms with Gasteiger partial charge in [0.15, 0.2) is 8.32 Å². The van der Waals surface area contributed by atoms with Crippen LogP contribution in [0.15, 0.2) is 91.0 Å². The third-order valence-electron chi connectivity index (χ3n) is 8.20. The Morgan fingerprint density at radius 2 is 0.509 bits per heavy atom. The fourth-order valence-corrected chi connectivity index (χ4v) is 6.21. The van der Waals surface area contributed by atoms with Crippen molar-refractivity contribution in [3.05, 3.63) is 108 Å². The quantitative estimate of drug-likeness (QED) is 0.0384. The molecule has 57 heavy (non-hydrogen) atoms. The van der Waals surface area contributed by atoms with Crippen LogP contribution in [0.3, 0.4) is 0 Å². The zero-order chi connectivity index (χ0) is 40.4. The highest BCUT2D eigenvalue weighted by Gasteiger charge is 2.37. The molecule has 3 rings (SSSR count). The standard InChI is InChI=1S/C44H68O12Si/c1-57(2,3)56-40-38-54-36-34-52-32-30-50-28-26-48-24-22-46-20-19-45-21-23-47-25-27-49-29-31-51-33-35-53-37-39-55-44(41-13-7-4-8-14-41,42-15-9-5-10-16-42)43-17-11-6-12-18-43/h4-18H,19-40H2,1-3H3. The summed E-state index contributed by atoms with van der Waals surface area (Å²) >= 11 is 0. The molecule has 0 atom stereocenters. The Labute approximate surface area is 342 Å². The third-order valence-corrected chi connectivity index (χ3v) is 9.27. The van der Waals surface area contributed by atoms with Crippen LogP contribution in [-0.4, -0.2) is 154 Å².